The predicted molar refractivity (Wildman–Crippen MR) is 79.1 cm³/mol. The third-order valence-corrected chi connectivity index (χ3v) is 4.10. The SMILES string of the molecule is CC(=O)C1CCC(Nc2cc(CO)ccc2[N+](=O)[O-])CC1. The van der Waals surface area contributed by atoms with Gasteiger partial charge in [-0.1, -0.05) is 0 Å². The van der Waals surface area contributed by atoms with Gasteiger partial charge in [0, 0.05) is 18.0 Å². The van der Waals surface area contributed by atoms with Crippen LogP contribution in [0.1, 0.15) is 38.2 Å². The van der Waals surface area contributed by atoms with Crippen LogP contribution in [-0.2, 0) is 11.4 Å². The van der Waals surface area contributed by atoms with Crippen LogP contribution in [0, 0.1) is 16.0 Å². The smallest absolute Gasteiger partial charge is 0.292 e. The van der Waals surface area contributed by atoms with Crippen LogP contribution in [-0.4, -0.2) is 21.9 Å². The number of aliphatic hydroxyl groups is 1. The van der Waals surface area contributed by atoms with Crippen LogP contribution in [0.2, 0.25) is 0 Å². The Labute approximate surface area is 123 Å². The second-order valence-electron chi connectivity index (χ2n) is 5.57. The number of hydrogen-bond acceptors (Lipinski definition) is 5. The molecule has 1 aliphatic carbocycles. The van der Waals surface area contributed by atoms with E-state index in [0.717, 1.165) is 25.7 Å². The van der Waals surface area contributed by atoms with Gasteiger partial charge in [0.15, 0.2) is 0 Å². The summed E-state index contributed by atoms with van der Waals surface area (Å²) in [5.74, 6) is 0.350. The van der Waals surface area contributed by atoms with Crippen molar-refractivity contribution in [3.63, 3.8) is 0 Å². The lowest BCUT2D eigenvalue weighted by Gasteiger charge is -2.28. The number of anilines is 1. The molecule has 0 saturated heterocycles. The molecule has 0 amide bonds. The average molecular weight is 292 g/mol. The highest BCUT2D eigenvalue weighted by Gasteiger charge is 2.25. The normalized spacial score (nSPS) is 21.8. The maximum absolute atomic E-state index is 11.4. The minimum absolute atomic E-state index is 0.0147. The van der Waals surface area contributed by atoms with E-state index in [4.69, 9.17) is 5.11 Å². The highest BCUT2D eigenvalue weighted by atomic mass is 16.6. The molecule has 1 aliphatic rings. The Morgan fingerprint density at radius 1 is 1.38 bits per heavy atom. The van der Waals surface area contributed by atoms with Crippen LogP contribution in [0.15, 0.2) is 18.2 Å². The number of rotatable bonds is 5. The van der Waals surface area contributed by atoms with E-state index in [1.807, 2.05) is 0 Å². The number of benzene rings is 1. The second kappa shape index (κ2) is 6.67. The van der Waals surface area contributed by atoms with Gasteiger partial charge in [-0.15, -0.1) is 0 Å². The average Bonchev–Trinajstić information content (AvgIpc) is 2.47. The number of aliphatic hydroxyl groups excluding tert-OH is 1. The van der Waals surface area contributed by atoms with Crippen LogP contribution in [0.3, 0.4) is 0 Å². The Hall–Kier alpha value is -1.95. The number of carbonyl (C=O) groups excluding carboxylic acids is 1. The topological polar surface area (TPSA) is 92.5 Å². The summed E-state index contributed by atoms with van der Waals surface area (Å²) >= 11 is 0. The Morgan fingerprint density at radius 3 is 2.57 bits per heavy atom. The maximum Gasteiger partial charge on any atom is 0.292 e. The summed E-state index contributed by atoms with van der Waals surface area (Å²) in [6.07, 6.45) is 3.29. The van der Waals surface area contributed by atoms with E-state index in [0.29, 0.717) is 11.3 Å². The zero-order valence-corrected chi connectivity index (χ0v) is 12.0. The van der Waals surface area contributed by atoms with Crippen molar-refractivity contribution in [1.29, 1.82) is 0 Å². The van der Waals surface area contributed by atoms with Crippen molar-refractivity contribution in [2.75, 3.05) is 5.32 Å². The van der Waals surface area contributed by atoms with Crippen LogP contribution in [0.5, 0.6) is 0 Å². The van der Waals surface area contributed by atoms with E-state index in [1.54, 1.807) is 19.1 Å². The molecule has 2 rings (SSSR count). The van der Waals surface area contributed by atoms with Crippen molar-refractivity contribution in [2.45, 2.75) is 45.3 Å². The Balaban J connectivity index is 2.09. The highest BCUT2D eigenvalue weighted by Crippen LogP contribution is 2.31. The van der Waals surface area contributed by atoms with Crippen LogP contribution in [0.4, 0.5) is 11.4 Å². The molecule has 0 atom stereocenters. The minimum atomic E-state index is -0.426. The first kappa shape index (κ1) is 15.4. The first-order valence-electron chi connectivity index (χ1n) is 7.16. The van der Waals surface area contributed by atoms with E-state index in [1.165, 1.54) is 6.07 Å². The van der Waals surface area contributed by atoms with Gasteiger partial charge in [-0.3, -0.25) is 14.9 Å². The summed E-state index contributed by atoms with van der Waals surface area (Å²) in [4.78, 5) is 22.0. The van der Waals surface area contributed by atoms with E-state index in [2.05, 4.69) is 5.32 Å². The van der Waals surface area contributed by atoms with E-state index in [-0.39, 0.29) is 30.0 Å². The van der Waals surface area contributed by atoms with Gasteiger partial charge in [-0.2, -0.15) is 0 Å². The number of nitro benzene ring substituents is 1. The summed E-state index contributed by atoms with van der Waals surface area (Å²) in [5, 5.41) is 23.4. The summed E-state index contributed by atoms with van der Waals surface area (Å²) < 4.78 is 0. The Kier molecular flexibility index (Phi) is 4.90. The van der Waals surface area contributed by atoms with E-state index < -0.39 is 4.92 Å². The van der Waals surface area contributed by atoms with Gasteiger partial charge in [-0.25, -0.2) is 0 Å². The summed E-state index contributed by atoms with van der Waals surface area (Å²) in [6.45, 7) is 1.47. The van der Waals surface area contributed by atoms with Gasteiger partial charge in [0.25, 0.3) is 5.69 Å². The molecule has 1 saturated carbocycles. The molecule has 0 aliphatic heterocycles. The fraction of sp³-hybridized carbons (Fsp3) is 0.533. The molecule has 0 heterocycles. The summed E-state index contributed by atoms with van der Waals surface area (Å²) in [5.41, 5.74) is 1.10. The number of nitrogens with one attached hydrogen (secondary N) is 1. The highest BCUT2D eigenvalue weighted by molar-refractivity contribution is 5.78. The predicted octanol–water partition coefficient (Wildman–Crippen LogP) is 2.65. The lowest BCUT2D eigenvalue weighted by molar-refractivity contribution is -0.384. The molecule has 0 unspecified atom stereocenters. The Bertz CT molecular complexity index is 536. The van der Waals surface area contributed by atoms with Crippen LogP contribution < -0.4 is 5.32 Å². The molecular formula is C15H20N2O4. The number of hydrogen-bond donors (Lipinski definition) is 2. The maximum atomic E-state index is 11.4. The standard InChI is InChI=1S/C15H20N2O4/c1-10(19)12-3-5-13(6-4-12)16-14-8-11(9-18)2-7-15(14)17(20)21/h2,7-8,12-13,16,18H,3-6,9H2,1H3. The van der Waals surface area contributed by atoms with Crippen LogP contribution >= 0.6 is 0 Å². The lowest BCUT2D eigenvalue weighted by Crippen LogP contribution is -2.28. The molecule has 6 heteroatoms. The molecule has 0 radical (unpaired) electrons. The largest absolute Gasteiger partial charge is 0.392 e. The first-order valence-corrected chi connectivity index (χ1v) is 7.16. The fourth-order valence-electron chi connectivity index (χ4n) is 2.82. The number of nitrogens with zero attached hydrogens (tertiary/aromatic N) is 1. The monoisotopic (exact) mass is 292 g/mol. The molecule has 0 spiro atoms. The van der Waals surface area contributed by atoms with Gasteiger partial charge in [-0.05, 0) is 50.3 Å². The van der Waals surface area contributed by atoms with Crippen molar-refractivity contribution in [3.8, 4) is 0 Å². The molecule has 1 aromatic carbocycles. The molecule has 21 heavy (non-hydrogen) atoms. The molecule has 1 aromatic rings. The molecule has 114 valence electrons. The Morgan fingerprint density at radius 2 is 2.05 bits per heavy atom. The van der Waals surface area contributed by atoms with Crippen molar-refractivity contribution in [2.24, 2.45) is 5.92 Å². The number of Topliss-reactive ketones (excluding diaryl/α,β-unsaturated/α-hetero) is 1. The quantitative estimate of drug-likeness (QED) is 0.643. The number of ketones is 1. The molecule has 1 fully saturated rings. The fourth-order valence-corrected chi connectivity index (χ4v) is 2.82. The second-order valence-corrected chi connectivity index (χ2v) is 5.57. The van der Waals surface area contributed by atoms with Gasteiger partial charge in [0.1, 0.15) is 11.5 Å². The minimum Gasteiger partial charge on any atom is -0.392 e. The molecular weight excluding hydrogens is 272 g/mol. The summed E-state index contributed by atoms with van der Waals surface area (Å²) in [6, 6.07) is 4.72. The zero-order valence-electron chi connectivity index (χ0n) is 12.0. The third kappa shape index (κ3) is 3.78. The van der Waals surface area contributed by atoms with Gasteiger partial charge < -0.3 is 10.4 Å². The van der Waals surface area contributed by atoms with Crippen molar-refractivity contribution >= 4 is 17.2 Å². The number of carbonyl (C=O) groups is 1. The van der Waals surface area contributed by atoms with Gasteiger partial charge in [0.05, 0.1) is 11.5 Å². The van der Waals surface area contributed by atoms with Crippen molar-refractivity contribution in [1.82, 2.24) is 0 Å². The van der Waals surface area contributed by atoms with Gasteiger partial charge in [0.2, 0.25) is 0 Å². The van der Waals surface area contributed by atoms with Gasteiger partial charge >= 0.3 is 0 Å². The first-order chi connectivity index (χ1) is 10.0. The molecule has 6 nitrogen and oxygen atoms in total. The van der Waals surface area contributed by atoms with E-state index in [9.17, 15) is 14.9 Å². The van der Waals surface area contributed by atoms with E-state index >= 15 is 0 Å². The lowest BCUT2D eigenvalue weighted by atomic mass is 9.84. The zero-order chi connectivity index (χ0) is 15.4. The summed E-state index contributed by atoms with van der Waals surface area (Å²) in [7, 11) is 0. The molecule has 0 aromatic heterocycles. The van der Waals surface area contributed by atoms with Crippen molar-refractivity contribution < 1.29 is 14.8 Å². The number of nitro groups is 1. The molecule has 2 N–H and O–H groups in total. The van der Waals surface area contributed by atoms with Crippen molar-refractivity contribution in [3.05, 3.63) is 33.9 Å². The van der Waals surface area contributed by atoms with Crippen LogP contribution in [0.25, 0.3) is 0 Å². The molecule has 0 bridgehead atoms. The third-order valence-electron chi connectivity index (χ3n) is 4.10.